The summed E-state index contributed by atoms with van der Waals surface area (Å²) in [5.74, 6) is -0.856. The molecule has 0 bridgehead atoms. The summed E-state index contributed by atoms with van der Waals surface area (Å²) in [6.45, 7) is 0.0762. The second-order valence-electron chi connectivity index (χ2n) is 6.97. The number of phenolic OH excluding ortho intramolecular Hbond substituents is 1. The Bertz CT molecular complexity index is 1220. The van der Waals surface area contributed by atoms with Gasteiger partial charge in [-0.1, -0.05) is 17.7 Å². The molecule has 146 valence electrons. The van der Waals surface area contributed by atoms with Gasteiger partial charge in [0.05, 0.1) is 12.7 Å². The van der Waals surface area contributed by atoms with Gasteiger partial charge in [-0.25, -0.2) is 9.78 Å². The molecule has 3 aromatic rings. The van der Waals surface area contributed by atoms with Crippen LogP contribution < -0.4 is 10.6 Å². The predicted octanol–water partition coefficient (Wildman–Crippen LogP) is 1.88. The first kappa shape index (κ1) is 17.5. The fourth-order valence-corrected chi connectivity index (χ4v) is 3.91. The lowest BCUT2D eigenvalue weighted by atomic mass is 9.95. The normalized spacial score (nSPS) is 20.9. The highest BCUT2D eigenvalue weighted by Gasteiger charge is 2.53. The van der Waals surface area contributed by atoms with Gasteiger partial charge in [0.25, 0.3) is 11.8 Å². The van der Waals surface area contributed by atoms with Crippen LogP contribution in [0.1, 0.15) is 21.7 Å². The molecule has 2 aliphatic rings. The topological polar surface area (TPSA) is 125 Å². The number of carbonyl (C=O) groups is 3. The minimum atomic E-state index is -1.61. The van der Waals surface area contributed by atoms with Crippen LogP contribution in [0, 0.1) is 0 Å². The second kappa shape index (κ2) is 5.95. The second-order valence-corrected chi connectivity index (χ2v) is 7.36. The van der Waals surface area contributed by atoms with Crippen molar-refractivity contribution in [3.63, 3.8) is 0 Å². The molecule has 2 aliphatic heterocycles. The maximum atomic E-state index is 12.8. The molecule has 1 fully saturated rings. The number of furan rings is 1. The fraction of sp³-hybridized carbons (Fsp3) is 0.158. The molecule has 5 rings (SSSR count). The van der Waals surface area contributed by atoms with Gasteiger partial charge in [0.15, 0.2) is 11.1 Å². The third-order valence-electron chi connectivity index (χ3n) is 5.13. The van der Waals surface area contributed by atoms with Crippen molar-refractivity contribution in [2.75, 3.05) is 6.54 Å². The van der Waals surface area contributed by atoms with E-state index in [-0.39, 0.29) is 35.7 Å². The Morgan fingerprint density at radius 3 is 2.83 bits per heavy atom. The molecule has 0 spiro atoms. The largest absolute Gasteiger partial charge is 0.508 e. The standard InChI is InChI=1S/C19H13ClN4O5/c20-15-4-10-3-14(29-13(10)6-21-15)19(17(27)22-18(28)23-19)8-24-7-9-1-2-11(25)5-12(9)16(24)26/h1-6,25H,7-8H2,(H2,22,23,27,28)/t19-/m0/s1. The average molecular weight is 413 g/mol. The number of halogens is 1. The molecular weight excluding hydrogens is 400 g/mol. The predicted molar refractivity (Wildman–Crippen MR) is 100 cm³/mol. The van der Waals surface area contributed by atoms with Gasteiger partial charge >= 0.3 is 6.03 Å². The van der Waals surface area contributed by atoms with Gasteiger partial charge in [-0.2, -0.15) is 0 Å². The van der Waals surface area contributed by atoms with E-state index in [1.165, 1.54) is 23.2 Å². The number of fused-ring (bicyclic) bond motifs is 2. The van der Waals surface area contributed by atoms with Gasteiger partial charge in [0.1, 0.15) is 16.7 Å². The number of hydrogen-bond acceptors (Lipinski definition) is 6. The number of aromatic hydroxyl groups is 1. The van der Waals surface area contributed by atoms with E-state index in [0.717, 1.165) is 0 Å². The molecule has 1 saturated heterocycles. The van der Waals surface area contributed by atoms with Crippen LogP contribution >= 0.6 is 11.6 Å². The van der Waals surface area contributed by atoms with Crippen molar-refractivity contribution in [2.24, 2.45) is 0 Å². The first-order valence-electron chi connectivity index (χ1n) is 8.66. The summed E-state index contributed by atoms with van der Waals surface area (Å²) in [4.78, 5) is 43.0. The number of amides is 4. The number of benzene rings is 1. The van der Waals surface area contributed by atoms with Crippen LogP contribution in [0.5, 0.6) is 5.75 Å². The van der Waals surface area contributed by atoms with Crippen molar-refractivity contribution in [3.8, 4) is 5.75 Å². The van der Waals surface area contributed by atoms with E-state index in [4.69, 9.17) is 16.0 Å². The molecule has 10 heteroatoms. The number of carbonyl (C=O) groups excluding carboxylic acids is 3. The van der Waals surface area contributed by atoms with Crippen LogP contribution in [-0.2, 0) is 16.9 Å². The Hall–Kier alpha value is -3.59. The minimum Gasteiger partial charge on any atom is -0.508 e. The molecule has 3 N–H and O–H groups in total. The molecule has 1 atom stereocenters. The fourth-order valence-electron chi connectivity index (χ4n) is 3.75. The lowest BCUT2D eigenvalue weighted by Gasteiger charge is -2.29. The van der Waals surface area contributed by atoms with Crippen molar-refractivity contribution in [3.05, 3.63) is 58.6 Å². The van der Waals surface area contributed by atoms with E-state index in [2.05, 4.69) is 15.6 Å². The molecule has 0 unspecified atom stereocenters. The zero-order chi connectivity index (χ0) is 20.3. The highest BCUT2D eigenvalue weighted by Crippen LogP contribution is 2.35. The molecule has 29 heavy (non-hydrogen) atoms. The van der Waals surface area contributed by atoms with Gasteiger partial charge in [0.2, 0.25) is 0 Å². The summed E-state index contributed by atoms with van der Waals surface area (Å²) in [7, 11) is 0. The van der Waals surface area contributed by atoms with Gasteiger partial charge < -0.3 is 19.7 Å². The molecule has 0 aliphatic carbocycles. The van der Waals surface area contributed by atoms with Crippen LogP contribution in [0.2, 0.25) is 5.15 Å². The lowest BCUT2D eigenvalue weighted by Crippen LogP contribution is -2.52. The van der Waals surface area contributed by atoms with Gasteiger partial charge in [-0.15, -0.1) is 0 Å². The monoisotopic (exact) mass is 412 g/mol. The van der Waals surface area contributed by atoms with E-state index in [0.29, 0.717) is 22.1 Å². The Kier molecular flexibility index (Phi) is 3.59. The van der Waals surface area contributed by atoms with E-state index in [1.54, 1.807) is 18.2 Å². The molecule has 9 nitrogen and oxygen atoms in total. The summed E-state index contributed by atoms with van der Waals surface area (Å²) in [6, 6.07) is 7.00. The highest BCUT2D eigenvalue weighted by molar-refractivity contribution is 6.30. The summed E-state index contributed by atoms with van der Waals surface area (Å²) < 4.78 is 5.80. The smallest absolute Gasteiger partial charge is 0.322 e. The summed E-state index contributed by atoms with van der Waals surface area (Å²) in [6.07, 6.45) is 1.42. The highest BCUT2D eigenvalue weighted by atomic mass is 35.5. The minimum absolute atomic E-state index is 0.0257. The number of nitrogens with one attached hydrogen (secondary N) is 2. The SMILES string of the molecule is O=C1NC(=O)[C@](CN2Cc3ccc(O)cc3C2=O)(c2cc3cc(Cl)ncc3o2)N1. The number of rotatable bonds is 3. The van der Waals surface area contributed by atoms with Crippen molar-refractivity contribution in [1.29, 1.82) is 0 Å². The van der Waals surface area contributed by atoms with Gasteiger partial charge in [-0.05, 0) is 29.8 Å². The third kappa shape index (κ3) is 2.62. The van der Waals surface area contributed by atoms with Crippen LogP contribution in [0.4, 0.5) is 4.79 Å². The van der Waals surface area contributed by atoms with Gasteiger partial charge in [0, 0.05) is 17.5 Å². The average Bonchev–Trinajstić information content (AvgIpc) is 3.31. The summed E-state index contributed by atoms with van der Waals surface area (Å²) in [5.41, 5.74) is -0.153. The third-order valence-corrected chi connectivity index (χ3v) is 5.34. The number of imide groups is 1. The zero-order valence-electron chi connectivity index (χ0n) is 14.7. The Balaban J connectivity index is 1.57. The van der Waals surface area contributed by atoms with Crippen molar-refractivity contribution < 1.29 is 23.9 Å². The summed E-state index contributed by atoms with van der Waals surface area (Å²) in [5, 5.41) is 15.3. The summed E-state index contributed by atoms with van der Waals surface area (Å²) >= 11 is 5.92. The number of aromatic nitrogens is 1. The van der Waals surface area contributed by atoms with E-state index in [9.17, 15) is 19.5 Å². The van der Waals surface area contributed by atoms with Crippen LogP contribution in [0.15, 0.2) is 40.9 Å². The number of hydrogen-bond donors (Lipinski definition) is 3. The van der Waals surface area contributed by atoms with Crippen molar-refractivity contribution in [2.45, 2.75) is 12.1 Å². The first-order chi connectivity index (χ1) is 13.9. The number of pyridine rings is 1. The number of nitrogens with zero attached hydrogens (tertiary/aromatic N) is 2. The quantitative estimate of drug-likeness (QED) is 0.445. The molecular formula is C19H13ClN4O5. The van der Waals surface area contributed by atoms with E-state index < -0.39 is 17.5 Å². The molecule has 4 heterocycles. The number of phenols is 1. The Morgan fingerprint density at radius 1 is 1.24 bits per heavy atom. The molecule has 1 aromatic carbocycles. The maximum Gasteiger partial charge on any atom is 0.322 e. The molecule has 0 radical (unpaired) electrons. The Morgan fingerprint density at radius 2 is 2.07 bits per heavy atom. The molecule has 4 amide bonds. The first-order valence-corrected chi connectivity index (χ1v) is 9.04. The van der Waals surface area contributed by atoms with Gasteiger partial charge in [-0.3, -0.25) is 14.9 Å². The van der Waals surface area contributed by atoms with Crippen molar-refractivity contribution >= 4 is 40.4 Å². The van der Waals surface area contributed by atoms with Crippen LogP contribution in [0.3, 0.4) is 0 Å². The maximum absolute atomic E-state index is 12.8. The molecule has 0 saturated carbocycles. The molecule has 2 aromatic heterocycles. The van der Waals surface area contributed by atoms with E-state index >= 15 is 0 Å². The lowest BCUT2D eigenvalue weighted by molar-refractivity contribution is -0.125. The van der Waals surface area contributed by atoms with Crippen LogP contribution in [0.25, 0.3) is 11.0 Å². The number of urea groups is 1. The van der Waals surface area contributed by atoms with Crippen molar-refractivity contribution in [1.82, 2.24) is 20.5 Å². The van der Waals surface area contributed by atoms with E-state index in [1.807, 2.05) is 0 Å². The Labute approximate surface area is 168 Å². The zero-order valence-corrected chi connectivity index (χ0v) is 15.5. The van der Waals surface area contributed by atoms with Crippen LogP contribution in [-0.4, -0.2) is 39.4 Å².